The van der Waals surface area contributed by atoms with Crippen molar-refractivity contribution in [1.29, 1.82) is 0 Å². The first-order chi connectivity index (χ1) is 8.59. The summed E-state index contributed by atoms with van der Waals surface area (Å²) in [4.78, 5) is 11.4. The third kappa shape index (κ3) is 5.66. The third-order valence-electron chi connectivity index (χ3n) is 2.47. The van der Waals surface area contributed by atoms with Crippen LogP contribution in [-0.4, -0.2) is 19.1 Å². The summed E-state index contributed by atoms with van der Waals surface area (Å²) in [5.41, 5.74) is 0. The highest BCUT2D eigenvalue weighted by Crippen LogP contribution is 2.15. The molecule has 4 heteroatoms. The quantitative estimate of drug-likeness (QED) is 0.811. The lowest BCUT2D eigenvalue weighted by Gasteiger charge is -2.08. The Balaban J connectivity index is 2.18. The van der Waals surface area contributed by atoms with Crippen LogP contribution < -0.4 is 10.1 Å². The van der Waals surface area contributed by atoms with Crippen molar-refractivity contribution >= 4 is 5.91 Å². The number of para-hydroxylation sites is 1. The van der Waals surface area contributed by atoms with Crippen LogP contribution in [0.5, 0.6) is 5.75 Å². The van der Waals surface area contributed by atoms with Crippen LogP contribution in [0.3, 0.4) is 0 Å². The third-order valence-corrected chi connectivity index (χ3v) is 2.47. The van der Waals surface area contributed by atoms with Gasteiger partial charge in [0, 0.05) is 6.54 Å². The summed E-state index contributed by atoms with van der Waals surface area (Å²) in [5, 5.41) is 2.80. The number of hydrogen-bond acceptors (Lipinski definition) is 2. The fourth-order valence-electron chi connectivity index (χ4n) is 1.40. The van der Waals surface area contributed by atoms with E-state index in [2.05, 4.69) is 19.2 Å². The number of amides is 1. The molecular formula is C14H20FNO2. The molecule has 3 nitrogen and oxygen atoms in total. The summed E-state index contributed by atoms with van der Waals surface area (Å²) in [7, 11) is 0. The van der Waals surface area contributed by atoms with Crippen LogP contribution in [0.25, 0.3) is 0 Å². The molecule has 0 spiro atoms. The molecule has 1 rings (SSSR count). The first kappa shape index (κ1) is 14.5. The van der Waals surface area contributed by atoms with E-state index in [0.717, 1.165) is 6.42 Å². The van der Waals surface area contributed by atoms with Crippen molar-refractivity contribution < 1.29 is 13.9 Å². The van der Waals surface area contributed by atoms with Gasteiger partial charge >= 0.3 is 0 Å². The second kappa shape index (κ2) is 7.69. The van der Waals surface area contributed by atoms with Gasteiger partial charge in [0.05, 0.1) is 13.0 Å². The molecule has 0 saturated carbocycles. The van der Waals surface area contributed by atoms with Crippen molar-refractivity contribution in [2.24, 2.45) is 5.92 Å². The van der Waals surface area contributed by atoms with Crippen molar-refractivity contribution in [3.8, 4) is 5.75 Å². The minimum atomic E-state index is -0.405. The van der Waals surface area contributed by atoms with Gasteiger partial charge in [0.25, 0.3) is 0 Å². The van der Waals surface area contributed by atoms with Gasteiger partial charge in [-0.1, -0.05) is 26.0 Å². The van der Waals surface area contributed by atoms with Crippen LogP contribution in [-0.2, 0) is 4.79 Å². The van der Waals surface area contributed by atoms with Gasteiger partial charge in [-0.05, 0) is 24.5 Å². The molecule has 0 fully saturated rings. The molecule has 0 aliphatic heterocycles. The standard InChI is InChI=1S/C14H20FNO2/c1-11(2)7-9-16-14(17)8-10-18-13-6-4-3-5-12(13)15/h3-6,11H,7-10H2,1-2H3,(H,16,17). The fraction of sp³-hybridized carbons (Fsp3) is 0.500. The Kier molecular flexibility index (Phi) is 6.19. The molecule has 0 atom stereocenters. The second-order valence-electron chi connectivity index (χ2n) is 4.56. The van der Waals surface area contributed by atoms with Gasteiger partial charge in [-0.15, -0.1) is 0 Å². The molecule has 1 aromatic carbocycles. The lowest BCUT2D eigenvalue weighted by molar-refractivity contribution is -0.121. The molecular weight excluding hydrogens is 233 g/mol. The Bertz CT molecular complexity index is 380. The minimum absolute atomic E-state index is 0.0630. The van der Waals surface area contributed by atoms with Crippen molar-refractivity contribution in [3.63, 3.8) is 0 Å². The molecule has 1 aromatic rings. The molecule has 1 N–H and O–H groups in total. The van der Waals surface area contributed by atoms with E-state index in [-0.39, 0.29) is 24.7 Å². The van der Waals surface area contributed by atoms with Gasteiger partial charge < -0.3 is 10.1 Å². The number of carbonyl (C=O) groups is 1. The molecule has 0 aliphatic rings. The van der Waals surface area contributed by atoms with Crippen molar-refractivity contribution in [3.05, 3.63) is 30.1 Å². The highest BCUT2D eigenvalue weighted by molar-refractivity contribution is 5.75. The van der Waals surface area contributed by atoms with E-state index < -0.39 is 5.82 Å². The van der Waals surface area contributed by atoms with Gasteiger partial charge in [0.2, 0.25) is 5.91 Å². The molecule has 0 heterocycles. The molecule has 0 aliphatic carbocycles. The normalized spacial score (nSPS) is 10.4. The Hall–Kier alpha value is -1.58. The van der Waals surface area contributed by atoms with Crippen molar-refractivity contribution in [2.45, 2.75) is 26.7 Å². The number of nitrogens with one attached hydrogen (secondary N) is 1. The minimum Gasteiger partial charge on any atom is -0.490 e. The molecule has 0 aromatic heterocycles. The average molecular weight is 253 g/mol. The molecule has 0 saturated heterocycles. The predicted molar refractivity (Wildman–Crippen MR) is 69.0 cm³/mol. The number of rotatable bonds is 7. The van der Waals surface area contributed by atoms with E-state index in [1.54, 1.807) is 18.2 Å². The zero-order chi connectivity index (χ0) is 13.4. The maximum Gasteiger partial charge on any atom is 0.223 e. The largest absolute Gasteiger partial charge is 0.490 e. The number of ether oxygens (including phenoxy) is 1. The Morgan fingerprint density at radius 3 is 2.78 bits per heavy atom. The van der Waals surface area contributed by atoms with E-state index in [9.17, 15) is 9.18 Å². The average Bonchev–Trinajstić information content (AvgIpc) is 2.31. The van der Waals surface area contributed by atoms with Crippen LogP contribution in [0, 0.1) is 11.7 Å². The molecule has 18 heavy (non-hydrogen) atoms. The molecule has 0 radical (unpaired) electrons. The van der Waals surface area contributed by atoms with E-state index in [1.807, 2.05) is 0 Å². The first-order valence-corrected chi connectivity index (χ1v) is 6.23. The number of carbonyl (C=O) groups excluding carboxylic acids is 1. The smallest absolute Gasteiger partial charge is 0.223 e. The summed E-state index contributed by atoms with van der Waals surface area (Å²) in [5.74, 6) is 0.289. The molecule has 100 valence electrons. The van der Waals surface area contributed by atoms with E-state index in [1.165, 1.54) is 6.07 Å². The second-order valence-corrected chi connectivity index (χ2v) is 4.56. The monoisotopic (exact) mass is 253 g/mol. The van der Waals surface area contributed by atoms with E-state index in [4.69, 9.17) is 4.74 Å². The van der Waals surface area contributed by atoms with Crippen molar-refractivity contribution in [1.82, 2.24) is 5.32 Å². The van der Waals surface area contributed by atoms with Crippen LogP contribution in [0.4, 0.5) is 4.39 Å². The Morgan fingerprint density at radius 1 is 1.39 bits per heavy atom. The summed E-state index contributed by atoms with van der Waals surface area (Å²) in [6, 6.07) is 6.17. The summed E-state index contributed by atoms with van der Waals surface area (Å²) < 4.78 is 18.4. The molecule has 0 bridgehead atoms. The van der Waals surface area contributed by atoms with Crippen LogP contribution in [0.1, 0.15) is 26.7 Å². The van der Waals surface area contributed by atoms with Gasteiger partial charge in [-0.2, -0.15) is 0 Å². The zero-order valence-corrected chi connectivity index (χ0v) is 10.9. The maximum atomic E-state index is 13.2. The Morgan fingerprint density at radius 2 is 2.11 bits per heavy atom. The number of halogens is 1. The maximum absolute atomic E-state index is 13.2. The van der Waals surface area contributed by atoms with Gasteiger partial charge in [0.15, 0.2) is 11.6 Å². The predicted octanol–water partition coefficient (Wildman–Crippen LogP) is 2.76. The highest BCUT2D eigenvalue weighted by atomic mass is 19.1. The Labute approximate surface area is 107 Å². The van der Waals surface area contributed by atoms with Crippen LogP contribution >= 0.6 is 0 Å². The summed E-state index contributed by atoms with van der Waals surface area (Å²) in [6.07, 6.45) is 1.20. The summed E-state index contributed by atoms with van der Waals surface area (Å²) in [6.45, 7) is 5.07. The molecule has 0 unspecified atom stereocenters. The van der Waals surface area contributed by atoms with Crippen molar-refractivity contribution in [2.75, 3.05) is 13.2 Å². The number of hydrogen-bond donors (Lipinski definition) is 1. The highest BCUT2D eigenvalue weighted by Gasteiger charge is 2.04. The van der Waals surface area contributed by atoms with E-state index in [0.29, 0.717) is 12.5 Å². The van der Waals surface area contributed by atoms with Crippen LogP contribution in [0.2, 0.25) is 0 Å². The van der Waals surface area contributed by atoms with Gasteiger partial charge in [0.1, 0.15) is 0 Å². The van der Waals surface area contributed by atoms with E-state index >= 15 is 0 Å². The zero-order valence-electron chi connectivity index (χ0n) is 10.9. The fourth-order valence-corrected chi connectivity index (χ4v) is 1.40. The van der Waals surface area contributed by atoms with Crippen LogP contribution in [0.15, 0.2) is 24.3 Å². The van der Waals surface area contributed by atoms with Gasteiger partial charge in [-0.25, -0.2) is 4.39 Å². The topological polar surface area (TPSA) is 38.3 Å². The SMILES string of the molecule is CC(C)CCNC(=O)CCOc1ccccc1F. The first-order valence-electron chi connectivity index (χ1n) is 6.23. The number of benzene rings is 1. The summed E-state index contributed by atoms with van der Waals surface area (Å²) >= 11 is 0. The lowest BCUT2D eigenvalue weighted by atomic mass is 10.1. The van der Waals surface area contributed by atoms with Gasteiger partial charge in [-0.3, -0.25) is 4.79 Å². The lowest BCUT2D eigenvalue weighted by Crippen LogP contribution is -2.26. The molecule has 1 amide bonds.